The number of benzene rings is 1. The van der Waals surface area contributed by atoms with Crippen molar-refractivity contribution < 1.29 is 9.47 Å². The summed E-state index contributed by atoms with van der Waals surface area (Å²) in [5.41, 5.74) is 1.40. The zero-order chi connectivity index (χ0) is 14.7. The van der Waals surface area contributed by atoms with Gasteiger partial charge < -0.3 is 14.8 Å². The van der Waals surface area contributed by atoms with Crippen molar-refractivity contribution in [2.75, 3.05) is 19.8 Å². The Morgan fingerprint density at radius 1 is 1.10 bits per heavy atom. The molecule has 3 rings (SSSR count). The van der Waals surface area contributed by atoms with Crippen LogP contribution < -0.4 is 14.8 Å². The van der Waals surface area contributed by atoms with Crippen LogP contribution >= 0.6 is 0 Å². The fourth-order valence-corrected chi connectivity index (χ4v) is 3.57. The van der Waals surface area contributed by atoms with Gasteiger partial charge in [-0.2, -0.15) is 0 Å². The van der Waals surface area contributed by atoms with Gasteiger partial charge in [-0.25, -0.2) is 0 Å². The largest absolute Gasteiger partial charge is 0.486 e. The van der Waals surface area contributed by atoms with Crippen molar-refractivity contribution in [3.63, 3.8) is 0 Å². The van der Waals surface area contributed by atoms with Crippen molar-refractivity contribution >= 4 is 0 Å². The van der Waals surface area contributed by atoms with Crippen LogP contribution in [-0.4, -0.2) is 25.8 Å². The summed E-state index contributed by atoms with van der Waals surface area (Å²) in [5.74, 6) is 3.21. The fraction of sp³-hybridized carbons (Fsp3) is 0.667. The minimum Gasteiger partial charge on any atom is -0.486 e. The van der Waals surface area contributed by atoms with Crippen LogP contribution in [0.2, 0.25) is 0 Å². The third kappa shape index (κ3) is 3.52. The molecule has 1 unspecified atom stereocenters. The maximum absolute atomic E-state index is 5.76. The molecule has 1 N–H and O–H groups in total. The Kier molecular flexibility index (Phi) is 4.69. The topological polar surface area (TPSA) is 30.5 Å². The van der Waals surface area contributed by atoms with Gasteiger partial charge in [0.2, 0.25) is 0 Å². The molecule has 0 bridgehead atoms. The van der Waals surface area contributed by atoms with Crippen LogP contribution in [0.25, 0.3) is 0 Å². The molecular formula is C18H27NO2. The Labute approximate surface area is 128 Å². The summed E-state index contributed by atoms with van der Waals surface area (Å²) in [6, 6.07) is 7.06. The highest BCUT2D eigenvalue weighted by atomic mass is 16.6. The molecule has 1 atom stereocenters. The van der Waals surface area contributed by atoms with Gasteiger partial charge in [-0.15, -0.1) is 0 Å². The fourth-order valence-electron chi connectivity index (χ4n) is 3.57. The van der Waals surface area contributed by atoms with Gasteiger partial charge in [0.25, 0.3) is 0 Å². The predicted octanol–water partition coefficient (Wildman–Crippen LogP) is 3.73. The molecule has 1 aromatic rings. The lowest BCUT2D eigenvalue weighted by Gasteiger charge is -2.27. The number of rotatable bonds is 5. The van der Waals surface area contributed by atoms with Gasteiger partial charge in [0, 0.05) is 12.6 Å². The van der Waals surface area contributed by atoms with Crippen molar-refractivity contribution in [1.82, 2.24) is 5.32 Å². The Balaban J connectivity index is 1.80. The number of ether oxygens (including phenoxy) is 2. The zero-order valence-corrected chi connectivity index (χ0v) is 13.2. The molecule has 1 aromatic carbocycles. The van der Waals surface area contributed by atoms with E-state index >= 15 is 0 Å². The molecule has 2 aliphatic rings. The zero-order valence-electron chi connectivity index (χ0n) is 13.2. The van der Waals surface area contributed by atoms with Gasteiger partial charge in [-0.3, -0.25) is 0 Å². The molecule has 0 aromatic heterocycles. The van der Waals surface area contributed by atoms with Crippen molar-refractivity contribution in [3.05, 3.63) is 23.8 Å². The van der Waals surface area contributed by atoms with Crippen LogP contribution in [0.1, 0.15) is 51.0 Å². The maximum atomic E-state index is 5.76. The molecular weight excluding hydrogens is 262 g/mol. The average molecular weight is 289 g/mol. The van der Waals surface area contributed by atoms with Crippen LogP contribution in [0.15, 0.2) is 18.2 Å². The average Bonchev–Trinajstić information content (AvgIpc) is 3.01. The predicted molar refractivity (Wildman–Crippen MR) is 85.3 cm³/mol. The van der Waals surface area contributed by atoms with E-state index in [0.29, 0.717) is 25.2 Å². The molecule has 1 saturated carbocycles. The van der Waals surface area contributed by atoms with Gasteiger partial charge in [0.1, 0.15) is 13.2 Å². The highest BCUT2D eigenvalue weighted by Gasteiger charge is 2.27. The summed E-state index contributed by atoms with van der Waals surface area (Å²) in [6.07, 6.45) is 5.48. The first-order chi connectivity index (χ1) is 10.2. The minimum atomic E-state index is 0.533. The second-order valence-electron chi connectivity index (χ2n) is 6.62. The lowest BCUT2D eigenvalue weighted by Crippen LogP contribution is -2.31. The van der Waals surface area contributed by atoms with Crippen LogP contribution in [-0.2, 0) is 0 Å². The number of hydrogen-bond donors (Lipinski definition) is 1. The van der Waals surface area contributed by atoms with Crippen molar-refractivity contribution in [2.24, 2.45) is 5.92 Å². The third-order valence-corrected chi connectivity index (χ3v) is 4.71. The third-order valence-electron chi connectivity index (χ3n) is 4.71. The number of fused-ring (bicyclic) bond motifs is 1. The van der Waals surface area contributed by atoms with Gasteiger partial charge in [-0.1, -0.05) is 32.8 Å². The summed E-state index contributed by atoms with van der Waals surface area (Å²) in [4.78, 5) is 0. The monoisotopic (exact) mass is 289 g/mol. The van der Waals surface area contributed by atoms with Crippen LogP contribution in [0.4, 0.5) is 0 Å². The van der Waals surface area contributed by atoms with E-state index in [1.165, 1.54) is 31.2 Å². The smallest absolute Gasteiger partial charge is 0.161 e. The van der Waals surface area contributed by atoms with Crippen LogP contribution in [0, 0.1) is 5.92 Å². The quantitative estimate of drug-likeness (QED) is 0.896. The van der Waals surface area contributed by atoms with Gasteiger partial charge in [0.05, 0.1) is 0 Å². The second-order valence-corrected chi connectivity index (χ2v) is 6.62. The van der Waals surface area contributed by atoms with E-state index in [2.05, 4.69) is 37.4 Å². The summed E-state index contributed by atoms with van der Waals surface area (Å²) in [5, 5.41) is 3.63. The highest BCUT2D eigenvalue weighted by Crippen LogP contribution is 2.40. The number of hydrogen-bond acceptors (Lipinski definition) is 3. The van der Waals surface area contributed by atoms with Crippen LogP contribution in [0.3, 0.4) is 0 Å². The van der Waals surface area contributed by atoms with Crippen molar-refractivity contribution in [2.45, 2.75) is 51.5 Å². The Morgan fingerprint density at radius 2 is 1.81 bits per heavy atom. The molecule has 3 nitrogen and oxygen atoms in total. The molecule has 1 fully saturated rings. The van der Waals surface area contributed by atoms with E-state index in [1.807, 2.05) is 0 Å². The van der Waals surface area contributed by atoms with Crippen molar-refractivity contribution in [1.29, 1.82) is 0 Å². The van der Waals surface area contributed by atoms with E-state index in [9.17, 15) is 0 Å². The van der Waals surface area contributed by atoms with Gasteiger partial charge in [0.15, 0.2) is 11.5 Å². The van der Waals surface area contributed by atoms with Gasteiger partial charge in [-0.05, 0) is 42.4 Å². The summed E-state index contributed by atoms with van der Waals surface area (Å²) >= 11 is 0. The second kappa shape index (κ2) is 6.69. The molecule has 1 aliphatic carbocycles. The number of nitrogens with one attached hydrogen (secondary N) is 1. The summed E-state index contributed by atoms with van der Waals surface area (Å²) < 4.78 is 11.4. The van der Waals surface area contributed by atoms with E-state index in [1.54, 1.807) is 0 Å². The van der Waals surface area contributed by atoms with E-state index in [0.717, 1.165) is 24.0 Å². The molecule has 1 heterocycles. The highest BCUT2D eigenvalue weighted by molar-refractivity contribution is 5.45. The van der Waals surface area contributed by atoms with Gasteiger partial charge >= 0.3 is 0 Å². The first-order valence-corrected chi connectivity index (χ1v) is 8.37. The Bertz CT molecular complexity index is 466. The summed E-state index contributed by atoms with van der Waals surface area (Å²) in [7, 11) is 0. The van der Waals surface area contributed by atoms with Crippen molar-refractivity contribution in [3.8, 4) is 11.5 Å². The molecule has 21 heavy (non-hydrogen) atoms. The molecule has 0 radical (unpaired) electrons. The Morgan fingerprint density at radius 3 is 2.52 bits per heavy atom. The first-order valence-electron chi connectivity index (χ1n) is 8.37. The van der Waals surface area contributed by atoms with E-state index < -0.39 is 0 Å². The minimum absolute atomic E-state index is 0.533. The standard InChI is InChI=1S/C18H27NO2/c1-13(2)19-12-16(14-5-3-4-6-14)15-7-8-17-18(11-15)21-10-9-20-17/h7-8,11,13-14,16,19H,3-6,9-10,12H2,1-2H3. The molecule has 0 amide bonds. The Hall–Kier alpha value is -1.22. The molecule has 3 heteroatoms. The maximum Gasteiger partial charge on any atom is 0.161 e. The van der Waals surface area contributed by atoms with E-state index in [-0.39, 0.29) is 0 Å². The van der Waals surface area contributed by atoms with E-state index in [4.69, 9.17) is 9.47 Å². The van der Waals surface area contributed by atoms with Crippen LogP contribution in [0.5, 0.6) is 11.5 Å². The summed E-state index contributed by atoms with van der Waals surface area (Å²) in [6.45, 7) is 6.81. The molecule has 116 valence electrons. The molecule has 1 aliphatic heterocycles. The SMILES string of the molecule is CC(C)NCC(c1ccc2c(c1)OCCO2)C1CCCC1. The lowest BCUT2D eigenvalue weighted by atomic mass is 9.84. The molecule has 0 saturated heterocycles. The lowest BCUT2D eigenvalue weighted by molar-refractivity contribution is 0.171. The first kappa shape index (κ1) is 14.7. The normalized spacial score (nSPS) is 20.0. The molecule has 0 spiro atoms.